The summed E-state index contributed by atoms with van der Waals surface area (Å²) < 4.78 is 22.3. The van der Waals surface area contributed by atoms with Gasteiger partial charge in [-0.15, -0.1) is 0 Å². The Hall–Kier alpha value is -2.98. The number of anilines is 1. The van der Waals surface area contributed by atoms with E-state index >= 15 is 0 Å². The lowest BCUT2D eigenvalue weighted by Crippen LogP contribution is -2.51. The number of para-hydroxylation sites is 1. The largest absolute Gasteiger partial charge is 0.454 e. The van der Waals surface area contributed by atoms with Gasteiger partial charge in [-0.1, -0.05) is 18.2 Å². The van der Waals surface area contributed by atoms with Crippen LogP contribution in [-0.2, 0) is 19.9 Å². The molecule has 9 nitrogen and oxygen atoms in total. The maximum absolute atomic E-state index is 13.6. The third-order valence-electron chi connectivity index (χ3n) is 7.12. The molecule has 1 spiro atoms. The first-order valence-corrected chi connectivity index (χ1v) is 11.5. The summed E-state index contributed by atoms with van der Waals surface area (Å²) >= 11 is 0. The molecule has 0 bridgehead atoms. The second-order valence-corrected chi connectivity index (χ2v) is 9.15. The number of aliphatic hydroxyl groups is 1. The zero-order chi connectivity index (χ0) is 23.3. The number of rotatable bonds is 5. The van der Waals surface area contributed by atoms with E-state index in [0.29, 0.717) is 61.3 Å². The number of benzene rings is 2. The Bertz CT molecular complexity index is 1140. The van der Waals surface area contributed by atoms with Crippen LogP contribution in [0.1, 0.15) is 35.2 Å². The number of piperidine rings is 1. The van der Waals surface area contributed by atoms with Gasteiger partial charge in [-0.3, -0.25) is 19.4 Å². The van der Waals surface area contributed by atoms with Gasteiger partial charge in [-0.25, -0.2) is 0 Å². The first kappa shape index (κ1) is 21.5. The molecule has 0 aromatic heterocycles. The Morgan fingerprint density at radius 2 is 1.74 bits per heavy atom. The highest BCUT2D eigenvalue weighted by molar-refractivity contribution is 6.10. The van der Waals surface area contributed by atoms with E-state index in [9.17, 15) is 14.7 Å². The highest BCUT2D eigenvalue weighted by atomic mass is 16.7. The molecule has 1 N–H and O–H groups in total. The van der Waals surface area contributed by atoms with E-state index in [4.69, 9.17) is 18.9 Å². The van der Waals surface area contributed by atoms with Crippen molar-refractivity contribution in [1.82, 2.24) is 4.90 Å². The van der Waals surface area contributed by atoms with Crippen molar-refractivity contribution in [3.8, 4) is 11.5 Å². The van der Waals surface area contributed by atoms with Crippen molar-refractivity contribution < 1.29 is 33.6 Å². The van der Waals surface area contributed by atoms with Crippen LogP contribution in [0.4, 0.5) is 5.69 Å². The molecule has 2 aromatic rings. The van der Waals surface area contributed by atoms with Gasteiger partial charge in [0.25, 0.3) is 5.91 Å². The Labute approximate surface area is 196 Å². The fraction of sp³-hybridized carbons (Fsp3) is 0.440. The first-order valence-electron chi connectivity index (χ1n) is 11.5. The van der Waals surface area contributed by atoms with Gasteiger partial charge in [0.05, 0.1) is 32.0 Å². The van der Waals surface area contributed by atoms with Crippen molar-refractivity contribution in [2.45, 2.75) is 30.7 Å². The molecule has 2 aromatic carbocycles. The number of amides is 1. The summed E-state index contributed by atoms with van der Waals surface area (Å²) in [6.45, 7) is 3.08. The van der Waals surface area contributed by atoms with E-state index in [2.05, 4.69) is 4.90 Å². The van der Waals surface area contributed by atoms with Gasteiger partial charge >= 0.3 is 0 Å². The van der Waals surface area contributed by atoms with Crippen LogP contribution >= 0.6 is 0 Å². The predicted molar refractivity (Wildman–Crippen MR) is 120 cm³/mol. The topological polar surface area (TPSA) is 97.8 Å². The number of hydrogen-bond donors (Lipinski definition) is 1. The Balaban J connectivity index is 1.21. The lowest BCUT2D eigenvalue weighted by molar-refractivity contribution is -0.185. The molecular weight excluding hydrogens is 440 g/mol. The van der Waals surface area contributed by atoms with Crippen LogP contribution in [0, 0.1) is 0 Å². The minimum absolute atomic E-state index is 0.105. The first-order chi connectivity index (χ1) is 16.5. The number of ketones is 1. The van der Waals surface area contributed by atoms with Crippen LogP contribution < -0.4 is 14.4 Å². The lowest BCUT2D eigenvalue weighted by Gasteiger charge is -2.39. The number of nitrogens with zero attached hydrogens (tertiary/aromatic N) is 2. The molecule has 34 heavy (non-hydrogen) atoms. The Morgan fingerprint density at radius 3 is 2.53 bits per heavy atom. The number of carbonyl (C=O) groups is 2. The van der Waals surface area contributed by atoms with Crippen LogP contribution in [0.2, 0.25) is 0 Å². The van der Waals surface area contributed by atoms with E-state index in [1.165, 1.54) is 0 Å². The SMILES string of the molecule is O=C(C[C@@]1(O)C(=O)N(CN2CCC3(CC2)OCCO3)c2ccccc21)c1ccc2c(c1)OCO2. The van der Waals surface area contributed by atoms with Gasteiger partial charge in [0, 0.05) is 37.1 Å². The van der Waals surface area contributed by atoms with Crippen molar-refractivity contribution in [1.29, 1.82) is 0 Å². The van der Waals surface area contributed by atoms with Crippen LogP contribution in [0.25, 0.3) is 0 Å². The maximum Gasteiger partial charge on any atom is 0.265 e. The number of likely N-dealkylation sites (tertiary alicyclic amines) is 1. The second-order valence-electron chi connectivity index (χ2n) is 9.15. The molecule has 9 heteroatoms. The lowest BCUT2D eigenvalue weighted by atomic mass is 9.88. The van der Waals surface area contributed by atoms with Crippen LogP contribution in [0.5, 0.6) is 11.5 Å². The smallest absolute Gasteiger partial charge is 0.265 e. The summed E-state index contributed by atoms with van der Waals surface area (Å²) in [5.74, 6) is -0.282. The molecule has 4 aliphatic heterocycles. The van der Waals surface area contributed by atoms with Gasteiger partial charge < -0.3 is 24.1 Å². The van der Waals surface area contributed by atoms with Crippen molar-refractivity contribution >= 4 is 17.4 Å². The minimum atomic E-state index is -1.93. The standard InChI is InChI=1S/C25H26N2O7/c28-20(17-5-6-21-22(13-17)32-16-31-21)14-25(30)18-3-1-2-4-19(18)27(23(25)29)15-26-9-7-24(8-10-26)33-11-12-34-24/h1-6,13,30H,7-12,14-16H2/t25-/m0/s1. The molecule has 178 valence electrons. The van der Waals surface area contributed by atoms with E-state index in [0.717, 1.165) is 12.8 Å². The number of carbonyl (C=O) groups excluding carboxylic acids is 2. The van der Waals surface area contributed by atoms with Crippen molar-refractivity contribution in [3.63, 3.8) is 0 Å². The molecule has 2 saturated heterocycles. The zero-order valence-electron chi connectivity index (χ0n) is 18.7. The molecule has 0 unspecified atom stereocenters. The van der Waals surface area contributed by atoms with Gasteiger partial charge in [-0.05, 0) is 24.3 Å². The number of ether oxygens (including phenoxy) is 4. The quantitative estimate of drug-likeness (QED) is 0.669. The van der Waals surface area contributed by atoms with Crippen LogP contribution in [-0.4, -0.2) is 67.2 Å². The number of Topliss-reactive ketones (excluding diaryl/α,β-unsaturated/α-hetero) is 1. The summed E-state index contributed by atoms with van der Waals surface area (Å²) in [4.78, 5) is 30.4. The van der Waals surface area contributed by atoms with Gasteiger partial charge in [0.2, 0.25) is 6.79 Å². The average Bonchev–Trinajstić information content (AvgIpc) is 3.56. The Morgan fingerprint density at radius 1 is 1.00 bits per heavy atom. The van der Waals surface area contributed by atoms with E-state index < -0.39 is 17.3 Å². The fourth-order valence-corrected chi connectivity index (χ4v) is 5.24. The third kappa shape index (κ3) is 3.47. The Kier molecular flexibility index (Phi) is 5.11. The summed E-state index contributed by atoms with van der Waals surface area (Å²) in [6.07, 6.45) is 1.09. The summed E-state index contributed by atoms with van der Waals surface area (Å²) in [5.41, 5.74) is -0.495. The van der Waals surface area contributed by atoms with Gasteiger partial charge in [-0.2, -0.15) is 0 Å². The molecule has 2 fully saturated rings. The molecule has 4 heterocycles. The van der Waals surface area contributed by atoms with Crippen LogP contribution in [0.15, 0.2) is 42.5 Å². The van der Waals surface area contributed by atoms with Crippen molar-refractivity contribution in [2.24, 2.45) is 0 Å². The maximum atomic E-state index is 13.6. The summed E-state index contributed by atoms with van der Waals surface area (Å²) in [7, 11) is 0. The number of hydrogen-bond acceptors (Lipinski definition) is 8. The zero-order valence-corrected chi connectivity index (χ0v) is 18.7. The molecule has 4 aliphatic rings. The molecule has 0 aliphatic carbocycles. The molecule has 0 saturated carbocycles. The highest BCUT2D eigenvalue weighted by Gasteiger charge is 2.51. The molecule has 6 rings (SSSR count). The van der Waals surface area contributed by atoms with E-state index in [-0.39, 0.29) is 19.0 Å². The molecule has 1 atom stereocenters. The molecular formula is C25H26N2O7. The summed E-state index contributed by atoms with van der Waals surface area (Å²) in [5, 5.41) is 11.6. The van der Waals surface area contributed by atoms with Crippen LogP contribution in [0.3, 0.4) is 0 Å². The van der Waals surface area contributed by atoms with Gasteiger partial charge in [0.15, 0.2) is 28.7 Å². The predicted octanol–water partition coefficient (Wildman–Crippen LogP) is 2.02. The van der Waals surface area contributed by atoms with Crippen molar-refractivity contribution in [3.05, 3.63) is 53.6 Å². The highest BCUT2D eigenvalue weighted by Crippen LogP contribution is 2.44. The average molecular weight is 466 g/mol. The normalized spacial score (nSPS) is 25.2. The van der Waals surface area contributed by atoms with Gasteiger partial charge in [0.1, 0.15) is 0 Å². The summed E-state index contributed by atoms with van der Waals surface area (Å²) in [6, 6.07) is 12.0. The molecule has 0 radical (unpaired) electrons. The third-order valence-corrected chi connectivity index (χ3v) is 7.12. The number of fused-ring (bicyclic) bond motifs is 2. The fourth-order valence-electron chi connectivity index (χ4n) is 5.24. The molecule has 1 amide bonds. The second kappa shape index (κ2) is 8.06. The van der Waals surface area contributed by atoms with E-state index in [1.54, 1.807) is 35.2 Å². The van der Waals surface area contributed by atoms with Crippen molar-refractivity contribution in [2.75, 3.05) is 44.7 Å². The monoisotopic (exact) mass is 466 g/mol. The minimum Gasteiger partial charge on any atom is -0.454 e. The van der Waals surface area contributed by atoms with E-state index in [1.807, 2.05) is 12.1 Å².